The molecular weight excluding hydrogens is 336 g/mol. The van der Waals surface area contributed by atoms with E-state index in [-0.39, 0.29) is 12.2 Å². The number of esters is 1. The molecule has 0 radical (unpaired) electrons. The highest BCUT2D eigenvalue weighted by atomic mass is 32.1. The number of nitrogens with one attached hydrogen (secondary N) is 1. The Kier molecular flexibility index (Phi) is 4.72. The van der Waals surface area contributed by atoms with Gasteiger partial charge in [-0.2, -0.15) is 0 Å². The molecule has 0 atom stereocenters. The number of hydrogen-bond donors (Lipinski definition) is 1. The van der Waals surface area contributed by atoms with Gasteiger partial charge in [0.05, 0.1) is 5.39 Å². The van der Waals surface area contributed by atoms with Crippen molar-refractivity contribution in [2.24, 2.45) is 0 Å². The highest BCUT2D eigenvalue weighted by Crippen LogP contribution is 2.27. The van der Waals surface area contributed by atoms with Gasteiger partial charge in [0.1, 0.15) is 22.1 Å². The molecule has 0 fully saturated rings. The topological polar surface area (TPSA) is 72.0 Å². The lowest BCUT2D eigenvalue weighted by Gasteiger charge is -2.07. The molecule has 0 aliphatic carbocycles. The smallest absolute Gasteiger partial charge is 0.349 e. The number of benzene rings is 1. The van der Waals surface area contributed by atoms with Crippen LogP contribution in [0.25, 0.3) is 10.2 Å². The Morgan fingerprint density at radius 3 is 2.56 bits per heavy atom. The van der Waals surface area contributed by atoms with E-state index in [1.807, 2.05) is 24.3 Å². The van der Waals surface area contributed by atoms with E-state index in [4.69, 9.17) is 4.74 Å². The Balaban J connectivity index is 1.79. The number of ether oxygens (including phenoxy) is 1. The highest BCUT2D eigenvalue weighted by molar-refractivity contribution is 7.20. The predicted molar refractivity (Wildman–Crippen MR) is 99.4 cm³/mol. The maximum Gasteiger partial charge on any atom is 0.349 e. The molecule has 0 aliphatic heterocycles. The molecule has 2 aromatic heterocycles. The van der Waals surface area contributed by atoms with Gasteiger partial charge in [0.15, 0.2) is 0 Å². The van der Waals surface area contributed by atoms with Crippen LogP contribution in [-0.4, -0.2) is 15.9 Å². The number of nitrogens with zero attached hydrogens (tertiary/aromatic N) is 1. The molecule has 3 aromatic rings. The quantitative estimate of drug-likeness (QED) is 0.715. The summed E-state index contributed by atoms with van der Waals surface area (Å²) in [6.45, 7) is 7.94. The molecule has 6 heteroatoms. The number of aromatic nitrogens is 2. The van der Waals surface area contributed by atoms with Crippen LogP contribution in [0.2, 0.25) is 0 Å². The highest BCUT2D eigenvalue weighted by Gasteiger charge is 2.20. The maximum atomic E-state index is 12.4. The van der Waals surface area contributed by atoms with Crippen LogP contribution in [0.15, 0.2) is 29.1 Å². The monoisotopic (exact) mass is 356 g/mol. The van der Waals surface area contributed by atoms with Gasteiger partial charge >= 0.3 is 5.97 Å². The Labute approximate surface area is 149 Å². The van der Waals surface area contributed by atoms with Gasteiger partial charge < -0.3 is 9.72 Å². The van der Waals surface area contributed by atoms with E-state index in [2.05, 4.69) is 23.8 Å². The lowest BCUT2D eigenvalue weighted by atomic mass is 10.0. The molecule has 0 amide bonds. The molecule has 2 heterocycles. The van der Waals surface area contributed by atoms with Crippen LogP contribution >= 0.6 is 11.3 Å². The van der Waals surface area contributed by atoms with Crippen molar-refractivity contribution in [1.82, 2.24) is 9.97 Å². The SMILES string of the molecule is Cc1nc2sc(C(=O)OCc3ccc(C(C)C)cc3)c(C)c2c(=O)[nH]1. The third-order valence-corrected chi connectivity index (χ3v) is 5.29. The minimum absolute atomic E-state index is 0.202. The first kappa shape index (κ1) is 17.4. The minimum Gasteiger partial charge on any atom is -0.457 e. The fourth-order valence-corrected chi connectivity index (χ4v) is 3.78. The van der Waals surface area contributed by atoms with Crippen molar-refractivity contribution in [3.8, 4) is 0 Å². The lowest BCUT2D eigenvalue weighted by molar-refractivity contribution is 0.0478. The Hall–Kier alpha value is -2.47. The standard InChI is InChI=1S/C19H20N2O3S/c1-10(2)14-7-5-13(6-8-14)9-24-19(23)16-11(3)15-17(22)20-12(4)21-18(15)25-16/h5-8,10H,9H2,1-4H3,(H,20,21,22). The van der Waals surface area contributed by atoms with Crippen molar-refractivity contribution in [1.29, 1.82) is 0 Å². The van der Waals surface area contributed by atoms with Crippen molar-refractivity contribution in [2.45, 2.75) is 40.2 Å². The van der Waals surface area contributed by atoms with Crippen LogP contribution in [0, 0.1) is 13.8 Å². The molecule has 3 rings (SSSR count). The molecule has 0 spiro atoms. The zero-order valence-corrected chi connectivity index (χ0v) is 15.5. The number of H-pyrrole nitrogens is 1. The summed E-state index contributed by atoms with van der Waals surface area (Å²) in [7, 11) is 0. The molecule has 0 aliphatic rings. The van der Waals surface area contributed by atoms with Crippen LogP contribution in [0.4, 0.5) is 0 Å². The molecule has 5 nitrogen and oxygen atoms in total. The fourth-order valence-electron chi connectivity index (χ4n) is 2.66. The van der Waals surface area contributed by atoms with E-state index < -0.39 is 5.97 Å². The number of rotatable bonds is 4. The van der Waals surface area contributed by atoms with E-state index in [1.165, 1.54) is 16.9 Å². The van der Waals surface area contributed by atoms with Crippen molar-refractivity contribution < 1.29 is 9.53 Å². The van der Waals surface area contributed by atoms with Gasteiger partial charge in [-0.15, -0.1) is 11.3 Å². The molecule has 130 valence electrons. The summed E-state index contributed by atoms with van der Waals surface area (Å²) in [4.78, 5) is 32.5. The summed E-state index contributed by atoms with van der Waals surface area (Å²) in [6, 6.07) is 8.03. The Bertz CT molecular complexity index is 984. The summed E-state index contributed by atoms with van der Waals surface area (Å²) in [5, 5.41) is 0.462. The van der Waals surface area contributed by atoms with Crippen molar-refractivity contribution in [3.05, 3.63) is 62.0 Å². The van der Waals surface area contributed by atoms with Gasteiger partial charge in [0, 0.05) is 0 Å². The van der Waals surface area contributed by atoms with Gasteiger partial charge in [0.25, 0.3) is 5.56 Å². The molecule has 0 saturated heterocycles. The predicted octanol–water partition coefficient (Wildman–Crippen LogP) is 4.08. The van der Waals surface area contributed by atoms with Crippen LogP contribution in [0.5, 0.6) is 0 Å². The molecule has 0 saturated carbocycles. The second-order valence-corrected chi connectivity index (χ2v) is 7.36. The van der Waals surface area contributed by atoms with Crippen LogP contribution in [0.3, 0.4) is 0 Å². The number of aromatic amines is 1. The molecule has 0 unspecified atom stereocenters. The first-order valence-electron chi connectivity index (χ1n) is 8.12. The fraction of sp³-hybridized carbons (Fsp3) is 0.316. The molecule has 1 aromatic carbocycles. The van der Waals surface area contributed by atoms with Crippen LogP contribution < -0.4 is 5.56 Å². The molecular formula is C19H20N2O3S. The van der Waals surface area contributed by atoms with E-state index in [1.54, 1.807) is 13.8 Å². The minimum atomic E-state index is -0.425. The summed E-state index contributed by atoms with van der Waals surface area (Å²) in [6.07, 6.45) is 0. The number of fused-ring (bicyclic) bond motifs is 1. The summed E-state index contributed by atoms with van der Waals surface area (Å²) in [5.41, 5.74) is 2.58. The third kappa shape index (κ3) is 3.49. The number of thiophene rings is 1. The zero-order valence-electron chi connectivity index (χ0n) is 14.7. The van der Waals surface area contributed by atoms with Gasteiger partial charge in [-0.05, 0) is 36.5 Å². The van der Waals surface area contributed by atoms with E-state index in [0.29, 0.717) is 32.4 Å². The molecule has 25 heavy (non-hydrogen) atoms. The second kappa shape index (κ2) is 6.80. The Morgan fingerprint density at radius 1 is 1.24 bits per heavy atom. The van der Waals surface area contributed by atoms with Gasteiger partial charge in [-0.1, -0.05) is 38.1 Å². The first-order valence-corrected chi connectivity index (χ1v) is 8.94. The zero-order chi connectivity index (χ0) is 18.1. The maximum absolute atomic E-state index is 12.4. The molecule has 0 bridgehead atoms. The number of aryl methyl sites for hydroxylation is 2. The van der Waals surface area contributed by atoms with Gasteiger partial charge in [0.2, 0.25) is 0 Å². The lowest BCUT2D eigenvalue weighted by Crippen LogP contribution is -2.10. The third-order valence-electron chi connectivity index (χ3n) is 4.12. The Morgan fingerprint density at radius 2 is 1.92 bits per heavy atom. The summed E-state index contributed by atoms with van der Waals surface area (Å²) >= 11 is 1.20. The average molecular weight is 356 g/mol. The summed E-state index contributed by atoms with van der Waals surface area (Å²) in [5.74, 6) is 0.571. The second-order valence-electron chi connectivity index (χ2n) is 6.36. The first-order chi connectivity index (χ1) is 11.9. The molecule has 1 N–H and O–H groups in total. The summed E-state index contributed by atoms with van der Waals surface area (Å²) < 4.78 is 5.43. The average Bonchev–Trinajstić information content (AvgIpc) is 2.89. The van der Waals surface area contributed by atoms with Crippen molar-refractivity contribution in [3.63, 3.8) is 0 Å². The van der Waals surface area contributed by atoms with E-state index in [0.717, 1.165) is 5.56 Å². The van der Waals surface area contributed by atoms with Crippen LogP contribution in [-0.2, 0) is 11.3 Å². The van der Waals surface area contributed by atoms with Gasteiger partial charge in [-0.3, -0.25) is 4.79 Å². The largest absolute Gasteiger partial charge is 0.457 e. The normalized spacial score (nSPS) is 11.2. The van der Waals surface area contributed by atoms with E-state index in [9.17, 15) is 9.59 Å². The number of hydrogen-bond acceptors (Lipinski definition) is 5. The van der Waals surface area contributed by atoms with Gasteiger partial charge in [-0.25, -0.2) is 9.78 Å². The van der Waals surface area contributed by atoms with E-state index >= 15 is 0 Å². The van der Waals surface area contributed by atoms with Crippen LogP contribution in [0.1, 0.15) is 52.0 Å². The van der Waals surface area contributed by atoms with Crippen molar-refractivity contribution in [2.75, 3.05) is 0 Å². The van der Waals surface area contributed by atoms with Crippen molar-refractivity contribution >= 4 is 27.5 Å². The number of carbonyl (C=O) groups excluding carboxylic acids is 1. The number of carbonyl (C=O) groups is 1.